The van der Waals surface area contributed by atoms with Crippen molar-refractivity contribution in [1.29, 1.82) is 0 Å². The fourth-order valence-electron chi connectivity index (χ4n) is 4.85. The molecule has 0 amide bonds. The molecule has 0 aliphatic carbocycles. The molecule has 1 aliphatic rings. The van der Waals surface area contributed by atoms with Gasteiger partial charge in [0.2, 0.25) is 0 Å². The molecule has 3 atom stereocenters. The second-order valence-electron chi connectivity index (χ2n) is 8.59. The zero-order valence-corrected chi connectivity index (χ0v) is 19.0. The summed E-state index contributed by atoms with van der Waals surface area (Å²) in [6.45, 7) is 3.92. The van der Waals surface area contributed by atoms with Gasteiger partial charge in [-0.1, -0.05) is 48.9 Å². The average Bonchev–Trinajstić information content (AvgIpc) is 2.84. The molecular weight excluding hydrogens is 434 g/mol. The van der Waals surface area contributed by atoms with Crippen LogP contribution < -0.4 is 4.90 Å². The van der Waals surface area contributed by atoms with Gasteiger partial charge in [-0.2, -0.15) is 0 Å². The van der Waals surface area contributed by atoms with E-state index >= 15 is 0 Å². The number of aryl methyl sites for hydroxylation is 1. The van der Waals surface area contributed by atoms with E-state index in [2.05, 4.69) is 4.90 Å². The molecule has 8 nitrogen and oxygen atoms in total. The number of hydrogen-bond acceptors (Lipinski definition) is 6. The summed E-state index contributed by atoms with van der Waals surface area (Å²) in [5, 5.41) is 22.9. The number of benzene rings is 3. The Kier molecular flexibility index (Phi) is 6.40. The lowest BCUT2D eigenvalue weighted by atomic mass is 9.77. The van der Waals surface area contributed by atoms with Gasteiger partial charge in [0.15, 0.2) is 0 Å². The number of ketones is 1. The third-order valence-corrected chi connectivity index (χ3v) is 6.48. The minimum absolute atomic E-state index is 0.0406. The molecule has 34 heavy (non-hydrogen) atoms. The molecule has 1 aliphatic heterocycles. The lowest BCUT2D eigenvalue weighted by Gasteiger charge is -2.47. The highest BCUT2D eigenvalue weighted by atomic mass is 16.6. The highest BCUT2D eigenvalue weighted by Crippen LogP contribution is 2.48. The standard InChI is InChI=1S/C26H25N3O5/c1-3-23-25(30)16-24(18-6-4-8-21(14-18)28(31)32)27(20-12-10-17(2)11-13-20)26(23)19-7-5-9-22(15-19)29(33)34/h4-15,23-24,26H,3,16H2,1-2H3/t23-,24-,26-/m0/s1. The molecule has 0 radical (unpaired) electrons. The molecule has 0 unspecified atom stereocenters. The Hall–Kier alpha value is -4.07. The van der Waals surface area contributed by atoms with Gasteiger partial charge >= 0.3 is 0 Å². The Morgan fingerprint density at radius 3 is 2.00 bits per heavy atom. The minimum Gasteiger partial charge on any atom is -0.356 e. The number of carbonyl (C=O) groups is 1. The van der Waals surface area contributed by atoms with E-state index in [9.17, 15) is 25.0 Å². The van der Waals surface area contributed by atoms with Crippen LogP contribution in [-0.4, -0.2) is 15.6 Å². The fraction of sp³-hybridized carbons (Fsp3) is 0.269. The Morgan fingerprint density at radius 2 is 1.44 bits per heavy atom. The first-order chi connectivity index (χ1) is 16.3. The number of piperidine rings is 1. The summed E-state index contributed by atoms with van der Waals surface area (Å²) >= 11 is 0. The third kappa shape index (κ3) is 4.39. The molecule has 3 aromatic carbocycles. The van der Waals surface area contributed by atoms with Crippen LogP contribution in [0.15, 0.2) is 72.8 Å². The molecule has 1 fully saturated rings. The van der Waals surface area contributed by atoms with E-state index in [1.807, 2.05) is 44.2 Å². The van der Waals surface area contributed by atoms with Crippen molar-refractivity contribution in [3.8, 4) is 0 Å². The van der Waals surface area contributed by atoms with Gasteiger partial charge in [0.25, 0.3) is 11.4 Å². The molecule has 4 rings (SSSR count). The maximum absolute atomic E-state index is 13.4. The normalized spacial score (nSPS) is 20.2. The summed E-state index contributed by atoms with van der Waals surface area (Å²) in [6, 6.07) is 19.7. The lowest BCUT2D eigenvalue weighted by Crippen LogP contribution is -2.45. The molecule has 8 heteroatoms. The number of Topliss-reactive ketones (excluding diaryl/α,β-unsaturated/α-hetero) is 1. The molecule has 0 aromatic heterocycles. The van der Waals surface area contributed by atoms with Crippen LogP contribution in [0.2, 0.25) is 0 Å². The second-order valence-corrected chi connectivity index (χ2v) is 8.59. The molecule has 1 heterocycles. The molecule has 0 saturated carbocycles. The molecule has 0 spiro atoms. The van der Waals surface area contributed by atoms with Crippen molar-refractivity contribution in [2.24, 2.45) is 5.92 Å². The van der Waals surface area contributed by atoms with Crippen molar-refractivity contribution < 1.29 is 14.6 Å². The number of nitrogens with zero attached hydrogens (tertiary/aromatic N) is 3. The molecule has 3 aromatic rings. The van der Waals surface area contributed by atoms with Gasteiger partial charge in [0, 0.05) is 42.3 Å². The maximum Gasteiger partial charge on any atom is 0.269 e. The van der Waals surface area contributed by atoms with Crippen LogP contribution in [0.1, 0.15) is 48.5 Å². The van der Waals surface area contributed by atoms with Gasteiger partial charge in [-0.25, -0.2) is 0 Å². The minimum atomic E-state index is -0.460. The van der Waals surface area contributed by atoms with E-state index in [1.54, 1.807) is 18.2 Å². The van der Waals surface area contributed by atoms with Crippen LogP contribution in [0.3, 0.4) is 0 Å². The summed E-state index contributed by atoms with van der Waals surface area (Å²) in [5.41, 5.74) is 3.17. The van der Waals surface area contributed by atoms with Gasteiger partial charge < -0.3 is 4.90 Å². The van der Waals surface area contributed by atoms with E-state index in [1.165, 1.54) is 24.3 Å². The summed E-state index contributed by atoms with van der Waals surface area (Å²) in [5.74, 6) is -0.336. The average molecular weight is 460 g/mol. The van der Waals surface area contributed by atoms with Gasteiger partial charge in [-0.3, -0.25) is 25.0 Å². The zero-order valence-electron chi connectivity index (χ0n) is 19.0. The summed E-state index contributed by atoms with van der Waals surface area (Å²) in [6.07, 6.45) is 0.759. The van der Waals surface area contributed by atoms with Crippen molar-refractivity contribution >= 4 is 22.8 Å². The Bertz CT molecular complexity index is 1240. The van der Waals surface area contributed by atoms with Gasteiger partial charge in [0.05, 0.1) is 21.9 Å². The number of carbonyl (C=O) groups excluding carboxylic acids is 1. The molecule has 0 N–H and O–H groups in total. The highest BCUT2D eigenvalue weighted by molar-refractivity contribution is 5.86. The van der Waals surface area contributed by atoms with E-state index in [-0.39, 0.29) is 29.5 Å². The van der Waals surface area contributed by atoms with Crippen LogP contribution in [0, 0.1) is 33.1 Å². The topological polar surface area (TPSA) is 107 Å². The molecule has 1 saturated heterocycles. The van der Waals surface area contributed by atoms with E-state index in [0.717, 1.165) is 11.3 Å². The van der Waals surface area contributed by atoms with E-state index in [0.29, 0.717) is 17.5 Å². The lowest BCUT2D eigenvalue weighted by molar-refractivity contribution is -0.385. The second kappa shape index (κ2) is 9.43. The summed E-state index contributed by atoms with van der Waals surface area (Å²) in [4.78, 5) is 37.5. The molecule has 174 valence electrons. The Morgan fingerprint density at radius 1 is 0.882 bits per heavy atom. The highest BCUT2D eigenvalue weighted by Gasteiger charge is 2.43. The van der Waals surface area contributed by atoms with Crippen molar-refractivity contribution in [3.05, 3.63) is 110 Å². The summed E-state index contributed by atoms with van der Waals surface area (Å²) in [7, 11) is 0. The van der Waals surface area contributed by atoms with Crippen LogP contribution in [0.25, 0.3) is 0 Å². The number of rotatable bonds is 6. The fourth-order valence-corrected chi connectivity index (χ4v) is 4.85. The number of nitro groups is 2. The van der Waals surface area contributed by atoms with Crippen LogP contribution >= 0.6 is 0 Å². The first kappa shape index (κ1) is 23.1. The summed E-state index contributed by atoms with van der Waals surface area (Å²) < 4.78 is 0. The predicted molar refractivity (Wildman–Crippen MR) is 129 cm³/mol. The van der Waals surface area contributed by atoms with Gasteiger partial charge in [0.1, 0.15) is 5.78 Å². The van der Waals surface area contributed by atoms with Crippen molar-refractivity contribution in [2.75, 3.05) is 4.90 Å². The van der Waals surface area contributed by atoms with Gasteiger partial charge in [-0.05, 0) is 36.6 Å². The first-order valence-electron chi connectivity index (χ1n) is 11.2. The maximum atomic E-state index is 13.4. The van der Waals surface area contributed by atoms with Crippen molar-refractivity contribution in [2.45, 2.75) is 38.8 Å². The SMILES string of the molecule is CC[C@H]1C(=O)C[C@@H](c2cccc([N+](=O)[O-])c2)N(c2ccc(C)cc2)[C@H]1c1cccc([N+](=O)[O-])c1. The van der Waals surface area contributed by atoms with Gasteiger partial charge in [-0.15, -0.1) is 0 Å². The van der Waals surface area contributed by atoms with Crippen LogP contribution in [0.5, 0.6) is 0 Å². The van der Waals surface area contributed by atoms with E-state index in [4.69, 9.17) is 0 Å². The quantitative estimate of drug-likeness (QED) is 0.326. The zero-order chi connectivity index (χ0) is 24.4. The molecule has 0 bridgehead atoms. The monoisotopic (exact) mass is 459 g/mol. The number of nitro benzene ring substituents is 2. The largest absolute Gasteiger partial charge is 0.356 e. The Labute approximate surface area is 197 Å². The van der Waals surface area contributed by atoms with Crippen molar-refractivity contribution in [3.63, 3.8) is 0 Å². The number of non-ortho nitro benzene ring substituents is 2. The Balaban J connectivity index is 1.93. The van der Waals surface area contributed by atoms with E-state index < -0.39 is 21.9 Å². The predicted octanol–water partition coefficient (Wildman–Crippen LogP) is 6.10. The van der Waals surface area contributed by atoms with Crippen LogP contribution in [-0.2, 0) is 4.79 Å². The van der Waals surface area contributed by atoms with Crippen LogP contribution in [0.4, 0.5) is 17.1 Å². The number of hydrogen-bond donors (Lipinski definition) is 0. The smallest absolute Gasteiger partial charge is 0.269 e. The third-order valence-electron chi connectivity index (χ3n) is 6.48. The number of anilines is 1. The molecular formula is C26H25N3O5. The van der Waals surface area contributed by atoms with Crippen molar-refractivity contribution in [1.82, 2.24) is 0 Å². The first-order valence-corrected chi connectivity index (χ1v) is 11.2.